The molecule has 3 atom stereocenters. The van der Waals surface area contributed by atoms with Crippen LogP contribution in [0, 0.1) is 0 Å². The standard InChI is InChI=1S/C24H48N4O3/c1-4-22(26-7-13-29-14-8-26)19-25(20-23(5-2)27-9-15-30-16-10-27)21-24(6-3)28-11-17-31-18-12-28/h22-24H,4-21H2,1-3H3. The van der Waals surface area contributed by atoms with Crippen LogP contribution < -0.4 is 0 Å². The van der Waals surface area contributed by atoms with Crippen molar-refractivity contribution >= 4 is 0 Å². The van der Waals surface area contributed by atoms with Crippen LogP contribution >= 0.6 is 0 Å². The summed E-state index contributed by atoms with van der Waals surface area (Å²) in [6.07, 6.45) is 3.62. The van der Waals surface area contributed by atoms with Crippen LogP contribution in [0.3, 0.4) is 0 Å². The van der Waals surface area contributed by atoms with Crippen LogP contribution in [0.1, 0.15) is 40.0 Å². The van der Waals surface area contributed by atoms with Gasteiger partial charge < -0.3 is 14.2 Å². The molecule has 0 N–H and O–H groups in total. The van der Waals surface area contributed by atoms with Gasteiger partial charge in [0.05, 0.1) is 39.6 Å². The van der Waals surface area contributed by atoms with Crippen LogP contribution in [0.4, 0.5) is 0 Å². The molecule has 182 valence electrons. The Balaban J connectivity index is 1.67. The first kappa shape index (κ1) is 25.3. The predicted molar refractivity (Wildman–Crippen MR) is 126 cm³/mol. The lowest BCUT2D eigenvalue weighted by molar-refractivity contribution is -0.0187. The van der Waals surface area contributed by atoms with Crippen LogP contribution in [0.25, 0.3) is 0 Å². The van der Waals surface area contributed by atoms with E-state index in [1.807, 2.05) is 0 Å². The fourth-order valence-corrected chi connectivity index (χ4v) is 5.45. The predicted octanol–water partition coefficient (Wildman–Crippen LogP) is 1.62. The minimum atomic E-state index is 0.619. The molecule has 0 spiro atoms. The Kier molecular flexibility index (Phi) is 11.5. The van der Waals surface area contributed by atoms with Gasteiger partial charge in [0.25, 0.3) is 0 Å². The lowest BCUT2D eigenvalue weighted by atomic mass is 10.1. The quantitative estimate of drug-likeness (QED) is 0.457. The fourth-order valence-electron chi connectivity index (χ4n) is 5.45. The largest absolute Gasteiger partial charge is 0.379 e. The summed E-state index contributed by atoms with van der Waals surface area (Å²) in [7, 11) is 0. The van der Waals surface area contributed by atoms with E-state index in [2.05, 4.69) is 40.4 Å². The zero-order valence-corrected chi connectivity index (χ0v) is 20.5. The van der Waals surface area contributed by atoms with Crippen molar-refractivity contribution in [2.75, 3.05) is 98.5 Å². The number of rotatable bonds is 12. The van der Waals surface area contributed by atoms with Crippen molar-refractivity contribution in [1.82, 2.24) is 19.6 Å². The highest BCUT2D eigenvalue weighted by atomic mass is 16.5. The average Bonchev–Trinajstić information content (AvgIpc) is 2.85. The van der Waals surface area contributed by atoms with Crippen molar-refractivity contribution in [3.63, 3.8) is 0 Å². The minimum absolute atomic E-state index is 0.619. The molecule has 0 saturated carbocycles. The van der Waals surface area contributed by atoms with E-state index in [0.29, 0.717) is 18.1 Å². The van der Waals surface area contributed by atoms with E-state index in [9.17, 15) is 0 Å². The lowest BCUT2D eigenvalue weighted by Crippen LogP contribution is -2.56. The van der Waals surface area contributed by atoms with Crippen molar-refractivity contribution in [1.29, 1.82) is 0 Å². The molecule has 3 heterocycles. The summed E-state index contributed by atoms with van der Waals surface area (Å²) in [5.41, 5.74) is 0. The molecule has 7 heteroatoms. The second-order valence-corrected chi connectivity index (χ2v) is 9.35. The number of nitrogens with zero attached hydrogens (tertiary/aromatic N) is 4. The van der Waals surface area contributed by atoms with Gasteiger partial charge in [0.2, 0.25) is 0 Å². The third kappa shape index (κ3) is 7.91. The number of ether oxygens (including phenoxy) is 3. The van der Waals surface area contributed by atoms with Crippen LogP contribution in [-0.4, -0.2) is 136 Å². The van der Waals surface area contributed by atoms with Crippen molar-refractivity contribution in [2.45, 2.75) is 58.2 Å². The molecule has 3 unspecified atom stereocenters. The topological polar surface area (TPSA) is 40.7 Å². The molecule has 3 fully saturated rings. The summed E-state index contributed by atoms with van der Waals surface area (Å²) in [5.74, 6) is 0. The van der Waals surface area contributed by atoms with Gasteiger partial charge in [-0.05, 0) is 19.3 Å². The monoisotopic (exact) mass is 440 g/mol. The van der Waals surface area contributed by atoms with Crippen molar-refractivity contribution in [3.05, 3.63) is 0 Å². The van der Waals surface area contributed by atoms with E-state index in [1.165, 1.54) is 19.3 Å². The van der Waals surface area contributed by atoms with E-state index in [4.69, 9.17) is 14.2 Å². The molecule has 7 nitrogen and oxygen atoms in total. The van der Waals surface area contributed by atoms with Gasteiger partial charge in [0.1, 0.15) is 0 Å². The van der Waals surface area contributed by atoms with Gasteiger partial charge in [-0.2, -0.15) is 0 Å². The summed E-state index contributed by atoms with van der Waals surface area (Å²) in [4.78, 5) is 10.8. The molecule has 3 aliphatic rings. The Labute approximate surface area is 190 Å². The summed E-state index contributed by atoms with van der Waals surface area (Å²) >= 11 is 0. The Bertz CT molecular complexity index is 399. The molecule has 0 aromatic carbocycles. The van der Waals surface area contributed by atoms with Crippen LogP contribution in [0.5, 0.6) is 0 Å². The molecular weight excluding hydrogens is 392 g/mol. The molecular formula is C24H48N4O3. The summed E-state index contributed by atoms with van der Waals surface area (Å²) < 4.78 is 16.9. The molecule has 3 rings (SSSR count). The third-order valence-corrected chi connectivity index (χ3v) is 7.51. The van der Waals surface area contributed by atoms with Gasteiger partial charge in [-0.15, -0.1) is 0 Å². The van der Waals surface area contributed by atoms with E-state index >= 15 is 0 Å². The highest BCUT2D eigenvalue weighted by molar-refractivity contribution is 4.85. The molecule has 0 aromatic heterocycles. The van der Waals surface area contributed by atoms with Gasteiger partial charge in [-0.3, -0.25) is 19.6 Å². The van der Waals surface area contributed by atoms with Gasteiger partial charge in [0.15, 0.2) is 0 Å². The van der Waals surface area contributed by atoms with Crippen LogP contribution in [0.15, 0.2) is 0 Å². The van der Waals surface area contributed by atoms with Gasteiger partial charge in [0, 0.05) is 77.0 Å². The molecule has 3 aliphatic heterocycles. The summed E-state index contributed by atoms with van der Waals surface area (Å²) in [6.45, 7) is 22.3. The van der Waals surface area contributed by atoms with Crippen molar-refractivity contribution < 1.29 is 14.2 Å². The Hall–Kier alpha value is -0.280. The smallest absolute Gasteiger partial charge is 0.0594 e. The van der Waals surface area contributed by atoms with E-state index in [-0.39, 0.29) is 0 Å². The molecule has 0 aromatic rings. The number of hydrogen-bond acceptors (Lipinski definition) is 7. The first-order valence-corrected chi connectivity index (χ1v) is 12.9. The third-order valence-electron chi connectivity index (χ3n) is 7.51. The normalized spacial score (nSPS) is 25.5. The molecule has 0 amide bonds. The van der Waals surface area contributed by atoms with Crippen molar-refractivity contribution in [2.24, 2.45) is 0 Å². The Morgan fingerprint density at radius 1 is 0.516 bits per heavy atom. The fraction of sp³-hybridized carbons (Fsp3) is 1.00. The highest BCUT2D eigenvalue weighted by Gasteiger charge is 2.29. The zero-order valence-electron chi connectivity index (χ0n) is 20.5. The molecule has 3 saturated heterocycles. The second-order valence-electron chi connectivity index (χ2n) is 9.35. The maximum Gasteiger partial charge on any atom is 0.0594 e. The molecule has 0 bridgehead atoms. The molecule has 31 heavy (non-hydrogen) atoms. The van der Waals surface area contributed by atoms with E-state index in [1.54, 1.807) is 0 Å². The molecule has 0 aliphatic carbocycles. The summed E-state index contributed by atoms with van der Waals surface area (Å²) in [5, 5.41) is 0. The zero-order chi connectivity index (χ0) is 21.9. The maximum atomic E-state index is 5.63. The van der Waals surface area contributed by atoms with E-state index < -0.39 is 0 Å². The first-order chi connectivity index (χ1) is 15.2. The Morgan fingerprint density at radius 3 is 1.00 bits per heavy atom. The van der Waals surface area contributed by atoms with Crippen LogP contribution in [0.2, 0.25) is 0 Å². The summed E-state index contributed by atoms with van der Waals surface area (Å²) in [6, 6.07) is 1.86. The van der Waals surface area contributed by atoms with Crippen LogP contribution in [-0.2, 0) is 14.2 Å². The molecule has 0 radical (unpaired) electrons. The maximum absolute atomic E-state index is 5.63. The lowest BCUT2D eigenvalue weighted by Gasteiger charge is -2.43. The Morgan fingerprint density at radius 2 is 0.774 bits per heavy atom. The number of hydrogen-bond donors (Lipinski definition) is 0. The number of morpholine rings is 3. The average molecular weight is 441 g/mol. The van der Waals surface area contributed by atoms with Crippen molar-refractivity contribution in [3.8, 4) is 0 Å². The van der Waals surface area contributed by atoms with Gasteiger partial charge >= 0.3 is 0 Å². The van der Waals surface area contributed by atoms with Gasteiger partial charge in [-0.1, -0.05) is 20.8 Å². The first-order valence-electron chi connectivity index (χ1n) is 12.9. The SMILES string of the molecule is CCC(CN(CC(CC)N1CCOCC1)CC(CC)N1CCOCC1)N1CCOCC1. The van der Waals surface area contributed by atoms with Gasteiger partial charge in [-0.25, -0.2) is 0 Å². The second kappa shape index (κ2) is 14.1. The highest BCUT2D eigenvalue weighted by Crippen LogP contribution is 2.17. The minimum Gasteiger partial charge on any atom is -0.379 e. The van der Waals surface area contributed by atoms with E-state index in [0.717, 1.165) is 98.5 Å².